The maximum Gasteiger partial charge on any atom is 0.338 e. The second-order valence-electron chi connectivity index (χ2n) is 7.85. The summed E-state index contributed by atoms with van der Waals surface area (Å²) < 4.78 is 18.6. The van der Waals surface area contributed by atoms with Gasteiger partial charge in [-0.1, -0.05) is 39.4 Å². The molecule has 1 aliphatic rings. The van der Waals surface area contributed by atoms with Crippen LogP contribution in [0.5, 0.6) is 17.2 Å². The highest BCUT2D eigenvalue weighted by molar-refractivity contribution is 9.10. The van der Waals surface area contributed by atoms with Gasteiger partial charge in [-0.3, -0.25) is 9.36 Å². The summed E-state index contributed by atoms with van der Waals surface area (Å²) in [6.07, 6.45) is 1.60. The van der Waals surface area contributed by atoms with Crippen molar-refractivity contribution in [3.63, 3.8) is 0 Å². The van der Waals surface area contributed by atoms with E-state index in [0.717, 1.165) is 0 Å². The number of rotatable bonds is 7. The number of nitrogens with zero attached hydrogens (tertiary/aromatic N) is 2. The SMILES string of the molecule is CCOC(=O)C1=C(C)N=c2sc(=Cc3cc(Br)cc(OCC)c3O)c(=O)n2C1c1ccc(OC)cc1. The van der Waals surface area contributed by atoms with Crippen LogP contribution in [0.1, 0.15) is 37.9 Å². The van der Waals surface area contributed by atoms with Crippen LogP contribution in [0.2, 0.25) is 0 Å². The Morgan fingerprint density at radius 2 is 1.94 bits per heavy atom. The van der Waals surface area contributed by atoms with Gasteiger partial charge in [0.15, 0.2) is 16.3 Å². The van der Waals surface area contributed by atoms with E-state index in [9.17, 15) is 14.7 Å². The van der Waals surface area contributed by atoms with Crippen LogP contribution in [0.3, 0.4) is 0 Å². The number of carbonyl (C=O) groups excluding carboxylic acids is 1. The van der Waals surface area contributed by atoms with Crippen LogP contribution in [0.15, 0.2) is 61.9 Å². The van der Waals surface area contributed by atoms with Crippen molar-refractivity contribution in [2.75, 3.05) is 20.3 Å². The largest absolute Gasteiger partial charge is 0.504 e. The average Bonchev–Trinajstić information content (AvgIpc) is 3.15. The molecule has 2 heterocycles. The third-order valence-corrected chi connectivity index (χ3v) is 7.04. The van der Waals surface area contributed by atoms with Crippen molar-refractivity contribution in [1.29, 1.82) is 0 Å². The maximum absolute atomic E-state index is 13.7. The van der Waals surface area contributed by atoms with Gasteiger partial charge < -0.3 is 19.3 Å². The molecule has 1 atom stereocenters. The Labute approximate surface area is 219 Å². The number of hydrogen-bond acceptors (Lipinski definition) is 8. The van der Waals surface area contributed by atoms with E-state index >= 15 is 0 Å². The molecule has 0 fully saturated rings. The van der Waals surface area contributed by atoms with Gasteiger partial charge in [-0.15, -0.1) is 0 Å². The van der Waals surface area contributed by atoms with Gasteiger partial charge in [0, 0.05) is 10.0 Å². The van der Waals surface area contributed by atoms with E-state index < -0.39 is 12.0 Å². The summed E-state index contributed by atoms with van der Waals surface area (Å²) in [6.45, 7) is 5.85. The number of aromatic nitrogens is 1. The third-order valence-electron chi connectivity index (χ3n) is 5.60. The molecule has 188 valence electrons. The summed E-state index contributed by atoms with van der Waals surface area (Å²) in [5.74, 6) is 0.364. The van der Waals surface area contributed by atoms with Gasteiger partial charge in [-0.05, 0) is 56.7 Å². The Kier molecular flexibility index (Phi) is 7.65. The van der Waals surface area contributed by atoms with Crippen LogP contribution in [0.25, 0.3) is 6.08 Å². The number of fused-ring (bicyclic) bond motifs is 1. The number of phenols is 1. The molecule has 36 heavy (non-hydrogen) atoms. The van der Waals surface area contributed by atoms with Crippen molar-refractivity contribution in [3.05, 3.63) is 83.0 Å². The molecule has 0 spiro atoms. The Morgan fingerprint density at radius 1 is 1.22 bits per heavy atom. The quantitative estimate of drug-likeness (QED) is 0.434. The Bertz CT molecular complexity index is 1520. The van der Waals surface area contributed by atoms with Crippen LogP contribution in [-0.2, 0) is 9.53 Å². The molecule has 1 aliphatic heterocycles. The molecule has 0 saturated heterocycles. The maximum atomic E-state index is 13.7. The smallest absolute Gasteiger partial charge is 0.338 e. The zero-order valence-corrected chi connectivity index (χ0v) is 22.6. The molecule has 1 aromatic heterocycles. The minimum atomic E-state index is -0.733. The van der Waals surface area contributed by atoms with Crippen molar-refractivity contribution in [2.45, 2.75) is 26.8 Å². The average molecular weight is 573 g/mol. The lowest BCUT2D eigenvalue weighted by Gasteiger charge is -2.24. The normalized spacial score (nSPS) is 15.4. The molecule has 8 nitrogen and oxygen atoms in total. The first-order chi connectivity index (χ1) is 17.3. The minimum absolute atomic E-state index is 0.0685. The fourth-order valence-corrected chi connectivity index (χ4v) is 5.50. The summed E-state index contributed by atoms with van der Waals surface area (Å²) in [5.41, 5.74) is 1.56. The predicted octanol–water partition coefficient (Wildman–Crippen LogP) is 3.67. The van der Waals surface area contributed by atoms with Crippen molar-refractivity contribution in [3.8, 4) is 17.2 Å². The zero-order valence-electron chi connectivity index (χ0n) is 20.2. The number of phenolic OH excluding ortho intramolecular Hbond substituents is 1. The lowest BCUT2D eigenvalue weighted by atomic mass is 9.96. The molecular weight excluding hydrogens is 548 g/mol. The second-order valence-corrected chi connectivity index (χ2v) is 9.77. The number of carbonyl (C=O) groups is 1. The predicted molar refractivity (Wildman–Crippen MR) is 140 cm³/mol. The molecule has 10 heteroatoms. The fraction of sp³-hybridized carbons (Fsp3) is 0.269. The van der Waals surface area contributed by atoms with Crippen molar-refractivity contribution >= 4 is 39.3 Å². The molecule has 1 unspecified atom stereocenters. The van der Waals surface area contributed by atoms with E-state index in [1.165, 1.54) is 15.9 Å². The molecular formula is C26H25BrN2O6S. The zero-order chi connectivity index (χ0) is 26.0. The van der Waals surface area contributed by atoms with Gasteiger partial charge in [0.05, 0.1) is 42.2 Å². The molecule has 0 amide bonds. The van der Waals surface area contributed by atoms with Crippen molar-refractivity contribution in [1.82, 2.24) is 4.57 Å². The van der Waals surface area contributed by atoms with E-state index in [1.807, 2.05) is 19.1 Å². The summed E-state index contributed by atoms with van der Waals surface area (Å²) in [6, 6.07) is 9.81. The number of methoxy groups -OCH3 is 1. The molecule has 0 radical (unpaired) electrons. The number of hydrogen-bond donors (Lipinski definition) is 1. The van der Waals surface area contributed by atoms with E-state index in [1.54, 1.807) is 51.3 Å². The van der Waals surface area contributed by atoms with E-state index in [0.29, 0.717) is 54.3 Å². The number of halogens is 1. The van der Waals surface area contributed by atoms with Crippen LogP contribution in [-0.4, -0.2) is 36.0 Å². The highest BCUT2D eigenvalue weighted by Crippen LogP contribution is 2.35. The number of benzene rings is 2. The van der Waals surface area contributed by atoms with Crippen LogP contribution < -0.4 is 24.4 Å². The van der Waals surface area contributed by atoms with Crippen LogP contribution in [0.4, 0.5) is 0 Å². The molecule has 4 rings (SSSR count). The Morgan fingerprint density at radius 3 is 2.58 bits per heavy atom. The standard InChI is InChI=1S/C26H25BrN2O6S/c1-5-34-19-13-17(27)11-16(23(19)30)12-20-24(31)29-22(15-7-9-18(33-4)10-8-15)21(25(32)35-6-2)14(3)28-26(29)36-20/h7-13,22,30H,5-6H2,1-4H3. The van der Waals surface area contributed by atoms with Gasteiger partial charge in [0.25, 0.3) is 5.56 Å². The fourth-order valence-electron chi connectivity index (χ4n) is 4.00. The summed E-state index contributed by atoms with van der Waals surface area (Å²) in [5, 5.41) is 10.7. The molecule has 0 aliphatic carbocycles. The van der Waals surface area contributed by atoms with Gasteiger partial charge >= 0.3 is 5.97 Å². The number of esters is 1. The molecule has 2 aromatic carbocycles. The lowest BCUT2D eigenvalue weighted by Crippen LogP contribution is -2.39. The first-order valence-corrected chi connectivity index (χ1v) is 12.9. The number of ether oxygens (including phenoxy) is 3. The van der Waals surface area contributed by atoms with Crippen LogP contribution in [0, 0.1) is 0 Å². The van der Waals surface area contributed by atoms with Gasteiger partial charge in [-0.2, -0.15) is 0 Å². The number of allylic oxidation sites excluding steroid dienone is 1. The highest BCUT2D eigenvalue weighted by Gasteiger charge is 2.33. The molecule has 1 N–H and O–H groups in total. The van der Waals surface area contributed by atoms with E-state index in [-0.39, 0.29) is 17.9 Å². The van der Waals surface area contributed by atoms with Crippen molar-refractivity contribution in [2.24, 2.45) is 4.99 Å². The Balaban J connectivity index is 1.95. The van der Waals surface area contributed by atoms with Gasteiger partial charge in [-0.25, -0.2) is 9.79 Å². The molecule has 3 aromatic rings. The first kappa shape index (κ1) is 25.7. The summed E-state index contributed by atoms with van der Waals surface area (Å²) >= 11 is 4.60. The van der Waals surface area contributed by atoms with Crippen molar-refractivity contribution < 1.29 is 24.1 Å². The monoisotopic (exact) mass is 572 g/mol. The lowest BCUT2D eigenvalue weighted by molar-refractivity contribution is -0.139. The van der Waals surface area contributed by atoms with E-state index in [2.05, 4.69) is 20.9 Å². The van der Waals surface area contributed by atoms with E-state index in [4.69, 9.17) is 14.2 Å². The third kappa shape index (κ3) is 4.83. The minimum Gasteiger partial charge on any atom is -0.504 e. The summed E-state index contributed by atoms with van der Waals surface area (Å²) in [4.78, 5) is 31.7. The number of aromatic hydroxyl groups is 1. The molecule has 0 bridgehead atoms. The second kappa shape index (κ2) is 10.7. The first-order valence-electron chi connectivity index (χ1n) is 11.3. The summed E-state index contributed by atoms with van der Waals surface area (Å²) in [7, 11) is 1.57. The Hall–Kier alpha value is -3.37. The highest BCUT2D eigenvalue weighted by atomic mass is 79.9. The van der Waals surface area contributed by atoms with Gasteiger partial charge in [0.2, 0.25) is 0 Å². The topological polar surface area (TPSA) is 99.4 Å². The van der Waals surface area contributed by atoms with Gasteiger partial charge in [0.1, 0.15) is 5.75 Å². The number of thiazole rings is 1. The molecule has 0 saturated carbocycles. The van der Waals surface area contributed by atoms with Crippen LogP contribution >= 0.6 is 27.3 Å².